The predicted octanol–water partition coefficient (Wildman–Crippen LogP) is 35.0. The molecule has 3 nitrogen and oxygen atoms in total. The molecule has 0 bridgehead atoms. The number of aryl methyl sites for hydroxylation is 2. The van der Waals surface area contributed by atoms with Crippen molar-refractivity contribution in [2.45, 2.75) is 276 Å². The summed E-state index contributed by atoms with van der Waals surface area (Å²) in [6, 6.07) is 31.8. The highest BCUT2D eigenvalue weighted by Crippen LogP contribution is 2.59. The maximum Gasteiger partial charge on any atom is 0.133 e. The highest BCUT2D eigenvalue weighted by Gasteiger charge is 2.32. The van der Waals surface area contributed by atoms with Crippen molar-refractivity contribution in [3.8, 4) is 78.8 Å². The summed E-state index contributed by atoms with van der Waals surface area (Å²) in [5, 5.41) is 4.94. The zero-order chi connectivity index (χ0) is 76.2. The summed E-state index contributed by atoms with van der Waals surface area (Å²) in [6.07, 6.45) is 36.4. The van der Waals surface area contributed by atoms with E-state index < -0.39 is 11.6 Å². The van der Waals surface area contributed by atoms with Crippen LogP contribution < -0.4 is 4.74 Å². The van der Waals surface area contributed by atoms with Crippen LogP contribution in [0.15, 0.2) is 84.9 Å². The Morgan fingerprint density at radius 3 is 1.11 bits per heavy atom. The number of unbranched alkanes of at least 4 members (excludes halogenated alkanes) is 13. The minimum atomic E-state index is -0.398. The molecular formula is C95H116F2N2OS9. The van der Waals surface area contributed by atoms with E-state index >= 15 is 8.78 Å². The molecule has 0 aliphatic heterocycles. The number of aromatic nitrogens is 2. The van der Waals surface area contributed by atoms with E-state index in [1.165, 1.54) is 266 Å². The lowest BCUT2D eigenvalue weighted by molar-refractivity contribution is 0.304. The van der Waals surface area contributed by atoms with Gasteiger partial charge in [-0.1, -0.05) is 223 Å². The van der Waals surface area contributed by atoms with Crippen LogP contribution in [0, 0.1) is 56.1 Å². The molecule has 0 saturated carbocycles. The summed E-state index contributed by atoms with van der Waals surface area (Å²) in [7, 11) is 0. The summed E-state index contributed by atoms with van der Waals surface area (Å²) < 4.78 is 56.2. The monoisotopic (exact) mass is 1630 g/mol. The SMILES string of the molecule is CCCCCCCCCCCCOc1c(C)c(-c2cc3c(-c4ccc(CC(CC)CCCC)s4)c4sc(C)cc4c(-c4ccc(CC(CC)CCCC)s4)c3s2)c2nsnc2c1-c1cc2c(-c3ccc(CC(CC)CCCC)s3)c3sc(-c4cc(F)c(C)cc4F)cc3c(-c3ccc(CC(CC)CCCC)s3)c2s1. The Bertz CT molecular complexity index is 4920. The van der Waals surface area contributed by atoms with Crippen molar-refractivity contribution in [1.82, 2.24) is 8.75 Å². The van der Waals surface area contributed by atoms with Gasteiger partial charge in [0.1, 0.15) is 28.4 Å². The van der Waals surface area contributed by atoms with Gasteiger partial charge in [-0.2, -0.15) is 8.75 Å². The molecule has 0 fully saturated rings. The van der Waals surface area contributed by atoms with Crippen LogP contribution in [0.4, 0.5) is 8.78 Å². The molecule has 0 saturated heterocycles. The molecule has 4 aromatic carbocycles. The number of nitrogens with zero attached hydrogens (tertiary/aromatic N) is 2. The quantitative estimate of drug-likeness (QED) is 0.0357. The number of fused-ring (bicyclic) bond motifs is 5. The van der Waals surface area contributed by atoms with Gasteiger partial charge in [-0.25, -0.2) is 8.78 Å². The van der Waals surface area contributed by atoms with Gasteiger partial charge in [0, 0.05) is 138 Å². The zero-order valence-corrected chi connectivity index (χ0v) is 74.4. The van der Waals surface area contributed by atoms with Crippen molar-refractivity contribution in [3.63, 3.8) is 0 Å². The second-order valence-electron chi connectivity index (χ2n) is 31.5. The van der Waals surface area contributed by atoms with Crippen molar-refractivity contribution in [1.29, 1.82) is 0 Å². The molecule has 580 valence electrons. The fourth-order valence-electron chi connectivity index (χ4n) is 16.8. The molecule has 9 heterocycles. The van der Waals surface area contributed by atoms with E-state index in [0.29, 0.717) is 41.4 Å². The van der Waals surface area contributed by atoms with E-state index in [2.05, 4.69) is 149 Å². The standard InChI is InChI=1S/C95H116F2N2OS9/c1-13-22-27-28-29-30-31-32-33-34-47-100-91-60(12)83(81-56-72-85(77-44-40-66(103-77)51-62(19-7)36-24-15-3)92-70(49-59(11)101-92)84(94(72)107-81)76-43-39-65(102-76)50-61(18-6)35-23-14-2)89-90(99-109-98-89)88(91)82-57-73-87(79-46-42-68(105-79)53-64(21-9)38-26-17-5)93-71(55-80(106-93)69-54-74(96)58(10)48-75(69)97)86(95(73)108-82)78-45-41-67(104-78)52-63(20-8)37-25-16-4/h39-46,48-49,54-57,61-64H,13-38,47,50-53H2,1-12H3. The fourth-order valence-corrected chi connectivity index (χ4v) is 27.4. The van der Waals surface area contributed by atoms with Crippen LogP contribution in [-0.2, 0) is 25.7 Å². The van der Waals surface area contributed by atoms with Gasteiger partial charge in [-0.3, -0.25) is 0 Å². The Kier molecular flexibility index (Phi) is 29.3. The number of benzene rings is 4. The van der Waals surface area contributed by atoms with E-state index in [4.69, 9.17) is 13.5 Å². The molecule has 14 heteroatoms. The highest BCUT2D eigenvalue weighted by molar-refractivity contribution is 7.27. The number of hydrogen-bond acceptors (Lipinski definition) is 12. The Morgan fingerprint density at radius 2 is 0.697 bits per heavy atom. The van der Waals surface area contributed by atoms with Crippen molar-refractivity contribution >= 4 is 154 Å². The van der Waals surface area contributed by atoms with Crippen LogP contribution in [0.25, 0.3) is 124 Å². The number of hydrogen-bond donors (Lipinski definition) is 0. The highest BCUT2D eigenvalue weighted by atomic mass is 32.1. The van der Waals surface area contributed by atoms with E-state index in [1.54, 1.807) is 18.3 Å². The Hall–Kier alpha value is -5.00. The first-order valence-electron chi connectivity index (χ1n) is 42.0. The molecule has 4 unspecified atom stereocenters. The molecule has 0 aliphatic rings. The van der Waals surface area contributed by atoms with Gasteiger partial charge in [0.15, 0.2) is 0 Å². The summed E-state index contributed by atoms with van der Waals surface area (Å²) in [5.74, 6) is 2.69. The molecule has 0 N–H and O–H groups in total. The third kappa shape index (κ3) is 18.5. The minimum Gasteiger partial charge on any atom is -0.493 e. The number of thiophene rings is 8. The maximum absolute atomic E-state index is 16.6. The van der Waals surface area contributed by atoms with Crippen LogP contribution in [0.2, 0.25) is 0 Å². The Morgan fingerprint density at radius 1 is 0.339 bits per heavy atom. The molecule has 109 heavy (non-hydrogen) atoms. The molecule has 0 spiro atoms. The van der Waals surface area contributed by atoms with Crippen LogP contribution >= 0.6 is 102 Å². The van der Waals surface area contributed by atoms with Gasteiger partial charge in [-0.05, 0) is 167 Å². The van der Waals surface area contributed by atoms with Crippen molar-refractivity contribution in [3.05, 3.63) is 132 Å². The van der Waals surface area contributed by atoms with E-state index in [-0.39, 0.29) is 0 Å². The van der Waals surface area contributed by atoms with E-state index in [1.807, 2.05) is 79.4 Å². The second kappa shape index (κ2) is 38.9. The number of rotatable bonds is 43. The van der Waals surface area contributed by atoms with Crippen LogP contribution in [0.3, 0.4) is 0 Å². The first kappa shape index (κ1) is 82.0. The first-order valence-corrected chi connectivity index (χ1v) is 49.2. The van der Waals surface area contributed by atoms with Crippen molar-refractivity contribution in [2.75, 3.05) is 6.61 Å². The lowest BCUT2D eigenvalue weighted by Crippen LogP contribution is -2.02. The van der Waals surface area contributed by atoms with Crippen LogP contribution in [0.5, 0.6) is 5.75 Å². The smallest absolute Gasteiger partial charge is 0.133 e. The van der Waals surface area contributed by atoms with Gasteiger partial charge >= 0.3 is 0 Å². The van der Waals surface area contributed by atoms with Crippen LogP contribution in [-0.4, -0.2) is 15.4 Å². The molecular weight excluding hydrogens is 1510 g/mol. The van der Waals surface area contributed by atoms with Gasteiger partial charge in [0.25, 0.3) is 0 Å². The maximum atomic E-state index is 16.6. The third-order valence-corrected chi connectivity index (χ3v) is 33.1. The summed E-state index contributed by atoms with van der Waals surface area (Å²) in [6.45, 7) is 27.9. The van der Waals surface area contributed by atoms with Crippen molar-refractivity contribution < 1.29 is 13.5 Å². The molecule has 9 aromatic heterocycles. The normalized spacial score (nSPS) is 13.3. The predicted molar refractivity (Wildman–Crippen MR) is 488 cm³/mol. The average molecular weight is 1630 g/mol. The van der Waals surface area contributed by atoms with Gasteiger partial charge in [-0.15, -0.1) is 90.7 Å². The average Bonchev–Trinajstić information content (AvgIpc) is 1.56. The van der Waals surface area contributed by atoms with Gasteiger partial charge in [0.05, 0.1) is 23.9 Å². The minimum absolute atomic E-state index is 0.310. The molecule has 13 aromatic rings. The number of ether oxygens (including phenoxy) is 1. The lowest BCUT2D eigenvalue weighted by Gasteiger charge is -2.17. The summed E-state index contributed by atoms with van der Waals surface area (Å²) in [4.78, 5) is 15.3. The van der Waals surface area contributed by atoms with Gasteiger partial charge < -0.3 is 4.74 Å². The third-order valence-electron chi connectivity index (χ3n) is 23.5. The topological polar surface area (TPSA) is 35.0 Å². The Labute approximate surface area is 686 Å². The Balaban J connectivity index is 1.04. The summed E-state index contributed by atoms with van der Waals surface area (Å²) >= 11 is 16.6. The van der Waals surface area contributed by atoms with E-state index in [9.17, 15) is 0 Å². The first-order chi connectivity index (χ1) is 53.2. The van der Waals surface area contributed by atoms with Crippen LogP contribution in [0.1, 0.15) is 265 Å². The second-order valence-corrected chi connectivity index (χ2v) is 41.1. The van der Waals surface area contributed by atoms with Crippen molar-refractivity contribution in [2.24, 2.45) is 23.7 Å². The number of halogens is 2. The van der Waals surface area contributed by atoms with Gasteiger partial charge in [0.2, 0.25) is 0 Å². The fraction of sp³-hybridized carbons (Fsp3) is 0.495. The summed E-state index contributed by atoms with van der Waals surface area (Å²) in [5.41, 5.74) is 10.7. The lowest BCUT2D eigenvalue weighted by atomic mass is 9.95. The molecule has 0 radical (unpaired) electrons. The largest absolute Gasteiger partial charge is 0.493 e. The van der Waals surface area contributed by atoms with E-state index in [0.717, 1.165) is 105 Å². The zero-order valence-electron chi connectivity index (χ0n) is 67.0. The molecule has 0 amide bonds. The molecule has 0 aliphatic carbocycles. The molecule has 13 rings (SSSR count). The molecule has 4 atom stereocenters.